The minimum absolute atomic E-state index is 0.746. The van der Waals surface area contributed by atoms with E-state index in [1.54, 1.807) is 7.05 Å². The Balaban J connectivity index is 2.04. The summed E-state index contributed by atoms with van der Waals surface area (Å²) in [6.45, 7) is 1.05. The van der Waals surface area contributed by atoms with E-state index in [-0.39, 0.29) is 0 Å². The van der Waals surface area contributed by atoms with Gasteiger partial charge in [-0.2, -0.15) is 5.48 Å². The van der Waals surface area contributed by atoms with Gasteiger partial charge in [-0.05, 0) is 43.8 Å². The van der Waals surface area contributed by atoms with Crippen LogP contribution in [-0.4, -0.2) is 37.6 Å². The molecule has 110 valence electrons. The van der Waals surface area contributed by atoms with Gasteiger partial charge in [-0.3, -0.25) is 0 Å². The first-order valence-electron chi connectivity index (χ1n) is 6.56. The molecule has 0 aliphatic heterocycles. The number of hydroxylamine groups is 1. The molecule has 20 heavy (non-hydrogen) atoms. The van der Waals surface area contributed by atoms with Crippen LogP contribution < -0.4 is 5.48 Å². The minimum Gasteiger partial charge on any atom is -0.361 e. The van der Waals surface area contributed by atoms with E-state index in [2.05, 4.69) is 58.8 Å². The standard InChI is InChI=1S/C14H21N3O2S/c1-15-18-19-20-10-11-4-5-14-13(8-11)12(9-16-14)6-7-17(2)3/h4-5,8-9,15-16H,6-7,10H2,1-3H3. The Morgan fingerprint density at radius 2 is 2.20 bits per heavy atom. The molecule has 0 aliphatic rings. The molecule has 1 heterocycles. The topological polar surface area (TPSA) is 49.5 Å². The molecule has 1 aromatic heterocycles. The highest BCUT2D eigenvalue weighted by molar-refractivity contribution is 7.93. The smallest absolute Gasteiger partial charge is 0.0481 e. The van der Waals surface area contributed by atoms with Crippen molar-refractivity contribution in [3.63, 3.8) is 0 Å². The lowest BCUT2D eigenvalue weighted by Gasteiger charge is -2.08. The number of fused-ring (bicyclic) bond motifs is 1. The Kier molecular flexibility index (Phi) is 5.87. The van der Waals surface area contributed by atoms with Gasteiger partial charge in [0.05, 0.1) is 0 Å². The lowest BCUT2D eigenvalue weighted by atomic mass is 10.1. The molecule has 0 saturated heterocycles. The molecule has 2 rings (SSSR count). The molecule has 5 nitrogen and oxygen atoms in total. The molecule has 6 heteroatoms. The normalized spacial score (nSPS) is 11.6. The fraction of sp³-hybridized carbons (Fsp3) is 0.429. The van der Waals surface area contributed by atoms with Crippen LogP contribution in [0.1, 0.15) is 11.1 Å². The zero-order valence-electron chi connectivity index (χ0n) is 12.1. The van der Waals surface area contributed by atoms with Crippen molar-refractivity contribution < 1.29 is 9.32 Å². The number of aromatic nitrogens is 1. The fourth-order valence-corrected chi connectivity index (χ4v) is 2.50. The number of hydrogen-bond acceptors (Lipinski definition) is 5. The SMILES string of the molecule is CNOOSCc1ccc2[nH]cc(CCN(C)C)c2c1. The maximum Gasteiger partial charge on any atom is 0.0481 e. The molecule has 0 amide bonds. The number of rotatable bonds is 8. The second-order valence-corrected chi connectivity index (χ2v) is 5.53. The minimum atomic E-state index is 0.746. The van der Waals surface area contributed by atoms with Gasteiger partial charge >= 0.3 is 0 Å². The van der Waals surface area contributed by atoms with Gasteiger partial charge < -0.3 is 9.88 Å². The van der Waals surface area contributed by atoms with Crippen LogP contribution in [0.25, 0.3) is 10.9 Å². The van der Waals surface area contributed by atoms with Crippen molar-refractivity contribution >= 4 is 22.9 Å². The van der Waals surface area contributed by atoms with Gasteiger partial charge in [0.2, 0.25) is 0 Å². The lowest BCUT2D eigenvalue weighted by Crippen LogP contribution is -2.14. The van der Waals surface area contributed by atoms with E-state index in [9.17, 15) is 0 Å². The quantitative estimate of drug-likeness (QED) is 0.339. The van der Waals surface area contributed by atoms with Gasteiger partial charge in [-0.1, -0.05) is 6.07 Å². The summed E-state index contributed by atoms with van der Waals surface area (Å²) in [7, 11) is 5.84. The number of benzene rings is 1. The number of nitrogens with zero attached hydrogens (tertiary/aromatic N) is 1. The predicted octanol–water partition coefficient (Wildman–Crippen LogP) is 2.50. The monoisotopic (exact) mass is 295 g/mol. The highest BCUT2D eigenvalue weighted by Crippen LogP contribution is 2.23. The predicted molar refractivity (Wildman–Crippen MR) is 83.1 cm³/mol. The number of likely N-dealkylation sites (N-methyl/N-ethyl adjacent to an activating group) is 1. The lowest BCUT2D eigenvalue weighted by molar-refractivity contribution is -0.238. The zero-order chi connectivity index (χ0) is 14.4. The van der Waals surface area contributed by atoms with E-state index < -0.39 is 0 Å². The molecule has 2 N–H and O–H groups in total. The summed E-state index contributed by atoms with van der Waals surface area (Å²) in [5.41, 5.74) is 6.21. The average molecular weight is 295 g/mol. The Hall–Kier alpha value is -1.05. The maximum atomic E-state index is 4.88. The van der Waals surface area contributed by atoms with E-state index in [1.807, 2.05) is 0 Å². The van der Waals surface area contributed by atoms with Crippen LogP contribution in [0.3, 0.4) is 0 Å². The van der Waals surface area contributed by atoms with Crippen molar-refractivity contribution in [2.75, 3.05) is 27.7 Å². The summed E-state index contributed by atoms with van der Waals surface area (Å²) < 4.78 is 4.88. The van der Waals surface area contributed by atoms with E-state index in [4.69, 9.17) is 4.33 Å². The molecule has 2 aromatic rings. The van der Waals surface area contributed by atoms with Crippen molar-refractivity contribution in [3.8, 4) is 0 Å². The van der Waals surface area contributed by atoms with E-state index >= 15 is 0 Å². The Labute approximate surface area is 123 Å². The van der Waals surface area contributed by atoms with E-state index in [0.717, 1.165) is 18.7 Å². The molecule has 0 saturated carbocycles. The van der Waals surface area contributed by atoms with Crippen LogP contribution in [0.15, 0.2) is 24.4 Å². The summed E-state index contributed by atoms with van der Waals surface area (Å²) in [4.78, 5) is 10.1. The van der Waals surface area contributed by atoms with Crippen LogP contribution in [0.4, 0.5) is 0 Å². The van der Waals surface area contributed by atoms with Crippen LogP contribution in [0.2, 0.25) is 0 Å². The van der Waals surface area contributed by atoms with Crippen molar-refractivity contribution in [2.45, 2.75) is 12.2 Å². The molecular formula is C14H21N3O2S. The Bertz CT molecular complexity index is 542. The maximum absolute atomic E-state index is 4.88. The van der Waals surface area contributed by atoms with Gasteiger partial charge in [-0.15, -0.1) is 9.32 Å². The highest BCUT2D eigenvalue weighted by atomic mass is 32.2. The third kappa shape index (κ3) is 4.22. The molecule has 0 fully saturated rings. The van der Waals surface area contributed by atoms with Gasteiger partial charge in [0.15, 0.2) is 0 Å². The molecule has 0 aliphatic carbocycles. The number of aromatic amines is 1. The highest BCUT2D eigenvalue weighted by Gasteiger charge is 2.06. The number of nitrogens with one attached hydrogen (secondary N) is 2. The van der Waals surface area contributed by atoms with Crippen LogP contribution in [0.5, 0.6) is 0 Å². The van der Waals surface area contributed by atoms with E-state index in [0.29, 0.717) is 0 Å². The fourth-order valence-electron chi connectivity index (χ4n) is 2.02. The summed E-state index contributed by atoms with van der Waals surface area (Å²) in [6.07, 6.45) is 3.15. The second-order valence-electron chi connectivity index (χ2n) is 4.86. The largest absolute Gasteiger partial charge is 0.361 e. The van der Waals surface area contributed by atoms with Gasteiger partial charge in [0.25, 0.3) is 0 Å². The Morgan fingerprint density at radius 1 is 1.35 bits per heavy atom. The van der Waals surface area contributed by atoms with Gasteiger partial charge in [0.1, 0.15) is 0 Å². The second kappa shape index (κ2) is 7.66. The van der Waals surface area contributed by atoms with Crippen molar-refractivity contribution in [3.05, 3.63) is 35.5 Å². The zero-order valence-corrected chi connectivity index (χ0v) is 12.9. The molecule has 0 atom stereocenters. The van der Waals surface area contributed by atoms with Gasteiger partial charge in [0, 0.05) is 48.5 Å². The van der Waals surface area contributed by atoms with Crippen molar-refractivity contribution in [2.24, 2.45) is 0 Å². The first kappa shape index (κ1) is 15.3. The number of H-pyrrole nitrogens is 1. The molecule has 0 bridgehead atoms. The third-order valence-electron chi connectivity index (χ3n) is 3.05. The molecule has 1 aromatic carbocycles. The van der Waals surface area contributed by atoms with E-state index in [1.165, 1.54) is 34.1 Å². The molecule has 0 unspecified atom stereocenters. The van der Waals surface area contributed by atoms with Crippen molar-refractivity contribution in [1.82, 2.24) is 15.4 Å². The van der Waals surface area contributed by atoms with Gasteiger partial charge in [-0.25, -0.2) is 0 Å². The summed E-state index contributed by atoms with van der Waals surface area (Å²) in [5.74, 6) is 0.746. The first-order chi connectivity index (χ1) is 9.70. The number of hydrogen-bond donors (Lipinski definition) is 2. The molecule has 0 spiro atoms. The molecule has 0 radical (unpaired) electrons. The third-order valence-corrected chi connectivity index (χ3v) is 3.67. The summed E-state index contributed by atoms with van der Waals surface area (Å²) in [5, 5.41) is 1.29. The average Bonchev–Trinajstić information content (AvgIpc) is 2.84. The summed E-state index contributed by atoms with van der Waals surface area (Å²) >= 11 is 1.26. The van der Waals surface area contributed by atoms with Crippen LogP contribution in [-0.2, 0) is 21.5 Å². The molecular weight excluding hydrogens is 274 g/mol. The van der Waals surface area contributed by atoms with Crippen molar-refractivity contribution in [1.29, 1.82) is 0 Å². The van der Waals surface area contributed by atoms with Crippen LogP contribution in [0, 0.1) is 0 Å². The van der Waals surface area contributed by atoms with Crippen LogP contribution >= 0.6 is 12.0 Å². The first-order valence-corrected chi connectivity index (χ1v) is 7.47. The summed E-state index contributed by atoms with van der Waals surface area (Å²) in [6, 6.07) is 6.43. The Morgan fingerprint density at radius 3 is 2.95 bits per heavy atom.